The number of unbranched alkanes of at least 4 members (excludes halogenated alkanes) is 1. The normalized spacial score (nSPS) is 11.1. The number of fused-ring (bicyclic) bond motifs is 2. The van der Waals surface area contributed by atoms with Gasteiger partial charge in [-0.15, -0.1) is 22.7 Å². The van der Waals surface area contributed by atoms with Gasteiger partial charge in [0.25, 0.3) is 0 Å². The van der Waals surface area contributed by atoms with Crippen molar-refractivity contribution in [2.45, 2.75) is 39.5 Å². The van der Waals surface area contributed by atoms with Crippen molar-refractivity contribution in [3.63, 3.8) is 0 Å². The third-order valence-corrected chi connectivity index (χ3v) is 7.89. The first kappa shape index (κ1) is 26.0. The molecule has 0 saturated carbocycles. The summed E-state index contributed by atoms with van der Waals surface area (Å²) in [6.07, 6.45) is 3.43. The maximum atomic E-state index is 11.1. The third-order valence-electron chi connectivity index (χ3n) is 5.86. The summed E-state index contributed by atoms with van der Waals surface area (Å²) in [6, 6.07) is 12.5. The van der Waals surface area contributed by atoms with Gasteiger partial charge in [0.1, 0.15) is 11.5 Å². The van der Waals surface area contributed by atoms with Crippen molar-refractivity contribution in [3.8, 4) is 11.5 Å². The van der Waals surface area contributed by atoms with Gasteiger partial charge in [-0.1, -0.05) is 0 Å². The number of nitrogens with one attached hydrogen (secondary N) is 2. The summed E-state index contributed by atoms with van der Waals surface area (Å²) in [5.74, 6) is 1.74. The van der Waals surface area contributed by atoms with E-state index in [1.807, 2.05) is 12.1 Å². The summed E-state index contributed by atoms with van der Waals surface area (Å²) >= 11 is 3.44. The Labute approximate surface area is 219 Å². The van der Waals surface area contributed by atoms with Crippen LogP contribution < -0.4 is 20.1 Å². The van der Waals surface area contributed by atoms with Crippen LogP contribution in [0.2, 0.25) is 0 Å². The Morgan fingerprint density at radius 1 is 0.722 bits per heavy atom. The fourth-order valence-electron chi connectivity index (χ4n) is 4.02. The molecule has 0 bridgehead atoms. The van der Waals surface area contributed by atoms with Crippen LogP contribution in [-0.4, -0.2) is 38.1 Å². The van der Waals surface area contributed by atoms with Crippen LogP contribution in [0.3, 0.4) is 0 Å². The molecular weight excluding hydrogens is 492 g/mol. The molecule has 6 nitrogen and oxygen atoms in total. The molecule has 0 aliphatic carbocycles. The summed E-state index contributed by atoms with van der Waals surface area (Å²) in [7, 11) is 0. The van der Waals surface area contributed by atoms with Gasteiger partial charge < -0.3 is 20.1 Å². The molecule has 4 aromatic rings. The molecule has 0 atom stereocenters. The van der Waals surface area contributed by atoms with Crippen molar-refractivity contribution >= 4 is 54.7 Å². The molecule has 36 heavy (non-hydrogen) atoms. The van der Waals surface area contributed by atoms with Gasteiger partial charge in [-0.2, -0.15) is 0 Å². The topological polar surface area (TPSA) is 76.7 Å². The highest BCUT2D eigenvalue weighted by Gasteiger charge is 2.08. The molecule has 2 aromatic heterocycles. The zero-order chi connectivity index (χ0) is 25.3. The smallest absolute Gasteiger partial charge is 0.216 e. The minimum Gasteiger partial charge on any atom is -0.494 e. The highest BCUT2D eigenvalue weighted by Crippen LogP contribution is 2.31. The molecule has 2 amide bonds. The Morgan fingerprint density at radius 3 is 1.58 bits per heavy atom. The lowest BCUT2D eigenvalue weighted by atomic mass is 10.1. The van der Waals surface area contributed by atoms with Gasteiger partial charge in [0.05, 0.1) is 13.2 Å². The van der Waals surface area contributed by atoms with Gasteiger partial charge in [-0.25, -0.2) is 0 Å². The summed E-state index contributed by atoms with van der Waals surface area (Å²) in [5, 5.41) is 12.4. The molecule has 2 heterocycles. The average molecular weight is 525 g/mol. The van der Waals surface area contributed by atoms with Crippen LogP contribution >= 0.6 is 22.7 Å². The number of carbonyl (C=O) groups excluding carboxylic acids is 2. The largest absolute Gasteiger partial charge is 0.494 e. The quantitative estimate of drug-likeness (QED) is 0.220. The molecule has 0 aliphatic rings. The number of hydrogen-bond acceptors (Lipinski definition) is 6. The molecule has 190 valence electrons. The monoisotopic (exact) mass is 524 g/mol. The fourth-order valence-corrected chi connectivity index (χ4v) is 5.97. The van der Waals surface area contributed by atoms with E-state index >= 15 is 0 Å². The van der Waals surface area contributed by atoms with Crippen molar-refractivity contribution in [3.05, 3.63) is 58.3 Å². The van der Waals surface area contributed by atoms with E-state index in [0.717, 1.165) is 37.2 Å². The van der Waals surface area contributed by atoms with Crippen LogP contribution in [0.25, 0.3) is 20.2 Å². The predicted molar refractivity (Wildman–Crippen MR) is 149 cm³/mol. The van der Waals surface area contributed by atoms with E-state index < -0.39 is 0 Å². The van der Waals surface area contributed by atoms with Crippen molar-refractivity contribution in [1.82, 2.24) is 10.6 Å². The van der Waals surface area contributed by atoms with Crippen LogP contribution in [0, 0.1) is 0 Å². The second-order valence-electron chi connectivity index (χ2n) is 8.71. The molecule has 2 N–H and O–H groups in total. The summed E-state index contributed by atoms with van der Waals surface area (Å²) in [4.78, 5) is 22.2. The second-order valence-corrected chi connectivity index (χ2v) is 10.5. The molecule has 2 aromatic carbocycles. The number of hydrogen-bond donors (Lipinski definition) is 2. The fraction of sp³-hybridized carbons (Fsp3) is 0.357. The Morgan fingerprint density at radius 2 is 1.17 bits per heavy atom. The van der Waals surface area contributed by atoms with Gasteiger partial charge in [-0.3, -0.25) is 9.59 Å². The minimum atomic E-state index is -0.00185. The standard InChI is InChI=1S/C28H32N2O4S2/c1-19(31)29-11-9-21-17-35-27-7-5-23(15-25(21)27)33-13-3-4-14-34-24-6-8-28-26(16-24)22(18-36-28)10-12-30-20(2)32/h5-8,15-18H,3-4,9-14H2,1-2H3,(H,29,31)(H,30,32). The van der Waals surface area contributed by atoms with Crippen LogP contribution in [0.15, 0.2) is 47.2 Å². The van der Waals surface area contributed by atoms with Gasteiger partial charge in [0.15, 0.2) is 0 Å². The van der Waals surface area contributed by atoms with Gasteiger partial charge in [0.2, 0.25) is 11.8 Å². The molecule has 8 heteroatoms. The maximum Gasteiger partial charge on any atom is 0.216 e. The summed E-state index contributed by atoms with van der Waals surface area (Å²) in [6.45, 7) is 5.64. The van der Waals surface area contributed by atoms with Crippen LogP contribution in [0.4, 0.5) is 0 Å². The van der Waals surface area contributed by atoms with E-state index in [1.165, 1.54) is 31.3 Å². The maximum absolute atomic E-state index is 11.1. The number of rotatable bonds is 13. The number of amides is 2. The molecule has 0 aliphatic heterocycles. The van der Waals surface area contributed by atoms with Crippen molar-refractivity contribution in [2.24, 2.45) is 0 Å². The molecule has 0 spiro atoms. The first-order valence-corrected chi connectivity index (χ1v) is 14.0. The third kappa shape index (κ3) is 7.21. The van der Waals surface area contributed by atoms with Crippen molar-refractivity contribution < 1.29 is 19.1 Å². The molecule has 0 radical (unpaired) electrons. The van der Waals surface area contributed by atoms with Crippen molar-refractivity contribution in [1.29, 1.82) is 0 Å². The lowest BCUT2D eigenvalue weighted by Crippen LogP contribution is -2.22. The Balaban J connectivity index is 1.21. The molecule has 0 saturated heterocycles. The minimum absolute atomic E-state index is 0.00185. The lowest BCUT2D eigenvalue weighted by molar-refractivity contribution is -0.119. The zero-order valence-electron chi connectivity index (χ0n) is 20.7. The first-order valence-electron chi connectivity index (χ1n) is 12.2. The predicted octanol–water partition coefficient (Wildman–Crippen LogP) is 5.71. The lowest BCUT2D eigenvalue weighted by Gasteiger charge is -2.09. The van der Waals surface area contributed by atoms with Gasteiger partial charge in [-0.05, 0) is 94.7 Å². The Bertz CT molecular complexity index is 1230. The van der Waals surface area contributed by atoms with E-state index in [9.17, 15) is 9.59 Å². The van der Waals surface area contributed by atoms with Crippen molar-refractivity contribution in [2.75, 3.05) is 26.3 Å². The molecule has 0 fully saturated rings. The molecule has 0 unspecified atom stereocenters. The van der Waals surface area contributed by atoms with Crippen LogP contribution in [0.5, 0.6) is 11.5 Å². The first-order chi connectivity index (χ1) is 17.5. The summed E-state index contributed by atoms with van der Waals surface area (Å²) < 4.78 is 14.5. The highest BCUT2D eigenvalue weighted by molar-refractivity contribution is 7.17. The Hall–Kier alpha value is -3.10. The highest BCUT2D eigenvalue weighted by atomic mass is 32.1. The van der Waals surface area contributed by atoms with E-state index in [-0.39, 0.29) is 11.8 Å². The SMILES string of the molecule is CC(=O)NCCc1csc2ccc(OCCCCOc3ccc4scc(CCNC(C)=O)c4c3)cc12. The van der Waals surface area contributed by atoms with Gasteiger partial charge in [0, 0.05) is 36.3 Å². The molecule has 4 rings (SSSR count). The van der Waals surface area contributed by atoms with E-state index in [2.05, 4.69) is 45.7 Å². The van der Waals surface area contributed by atoms with Gasteiger partial charge >= 0.3 is 0 Å². The van der Waals surface area contributed by atoms with E-state index in [4.69, 9.17) is 9.47 Å². The van der Waals surface area contributed by atoms with Crippen LogP contribution in [0.1, 0.15) is 37.8 Å². The zero-order valence-corrected chi connectivity index (χ0v) is 22.4. The van der Waals surface area contributed by atoms with E-state index in [0.29, 0.717) is 26.3 Å². The average Bonchev–Trinajstić information content (AvgIpc) is 3.44. The number of carbonyl (C=O) groups is 2. The number of ether oxygens (including phenoxy) is 2. The number of benzene rings is 2. The summed E-state index contributed by atoms with van der Waals surface area (Å²) in [5.41, 5.74) is 2.48. The number of thiophene rings is 2. The Kier molecular flexibility index (Phi) is 9.19. The van der Waals surface area contributed by atoms with Crippen LogP contribution in [-0.2, 0) is 22.4 Å². The second kappa shape index (κ2) is 12.7. The van der Waals surface area contributed by atoms with E-state index in [1.54, 1.807) is 36.5 Å². The molecular formula is C28H32N2O4S2.